The van der Waals surface area contributed by atoms with E-state index in [-0.39, 0.29) is 5.82 Å². The Hall–Kier alpha value is -0.640. The van der Waals surface area contributed by atoms with Crippen LogP contribution in [0.2, 0.25) is 5.02 Å². The molecule has 1 unspecified atom stereocenters. The third kappa shape index (κ3) is 3.44. The van der Waals surface area contributed by atoms with Crippen molar-refractivity contribution in [3.63, 3.8) is 0 Å². The molecule has 1 N–H and O–H groups in total. The molecule has 1 aromatic rings. The SMILES string of the molecule is CCC1CN(Cc2c(F)cccc2Cl)CCCN1. The van der Waals surface area contributed by atoms with Gasteiger partial charge in [0.05, 0.1) is 0 Å². The fourth-order valence-electron chi connectivity index (χ4n) is 2.40. The van der Waals surface area contributed by atoms with Gasteiger partial charge < -0.3 is 5.32 Å². The molecule has 0 amide bonds. The standard InChI is InChI=1S/C14H20ClFN2/c1-2-11-9-18(8-4-7-17-11)10-12-13(15)5-3-6-14(12)16/h3,5-6,11,17H,2,4,7-10H2,1H3. The average Bonchev–Trinajstić information content (AvgIpc) is 2.59. The smallest absolute Gasteiger partial charge is 0.129 e. The van der Waals surface area contributed by atoms with Crippen LogP contribution in [0.3, 0.4) is 0 Å². The molecule has 0 aliphatic carbocycles. The van der Waals surface area contributed by atoms with Gasteiger partial charge in [-0.05, 0) is 38.1 Å². The van der Waals surface area contributed by atoms with Gasteiger partial charge in [0.15, 0.2) is 0 Å². The molecule has 0 saturated carbocycles. The van der Waals surface area contributed by atoms with E-state index in [1.54, 1.807) is 12.1 Å². The first kappa shape index (κ1) is 13.8. The van der Waals surface area contributed by atoms with Gasteiger partial charge in [0, 0.05) is 29.7 Å². The zero-order chi connectivity index (χ0) is 13.0. The van der Waals surface area contributed by atoms with E-state index >= 15 is 0 Å². The number of nitrogens with zero attached hydrogens (tertiary/aromatic N) is 1. The Morgan fingerprint density at radius 1 is 1.50 bits per heavy atom. The van der Waals surface area contributed by atoms with Crippen molar-refractivity contribution in [2.24, 2.45) is 0 Å². The molecule has 0 bridgehead atoms. The van der Waals surface area contributed by atoms with Crippen LogP contribution in [0.15, 0.2) is 18.2 Å². The third-order valence-electron chi connectivity index (χ3n) is 3.50. The van der Waals surface area contributed by atoms with Gasteiger partial charge in [-0.3, -0.25) is 4.90 Å². The van der Waals surface area contributed by atoms with E-state index in [4.69, 9.17) is 11.6 Å². The lowest BCUT2D eigenvalue weighted by molar-refractivity contribution is 0.254. The van der Waals surface area contributed by atoms with Gasteiger partial charge in [-0.2, -0.15) is 0 Å². The minimum absolute atomic E-state index is 0.201. The molecule has 1 heterocycles. The fraction of sp³-hybridized carbons (Fsp3) is 0.571. The van der Waals surface area contributed by atoms with Crippen LogP contribution in [0.1, 0.15) is 25.3 Å². The van der Waals surface area contributed by atoms with E-state index in [0.717, 1.165) is 32.5 Å². The summed E-state index contributed by atoms with van der Waals surface area (Å²) in [5.74, 6) is -0.201. The Morgan fingerprint density at radius 3 is 3.06 bits per heavy atom. The normalized spacial score (nSPS) is 21.8. The Morgan fingerprint density at radius 2 is 2.33 bits per heavy atom. The summed E-state index contributed by atoms with van der Waals surface area (Å²) in [7, 11) is 0. The molecule has 1 fully saturated rings. The molecular weight excluding hydrogens is 251 g/mol. The van der Waals surface area contributed by atoms with E-state index < -0.39 is 0 Å². The second-order valence-electron chi connectivity index (χ2n) is 4.85. The lowest BCUT2D eigenvalue weighted by atomic mass is 10.1. The summed E-state index contributed by atoms with van der Waals surface area (Å²) in [6.45, 7) is 5.77. The molecule has 2 nitrogen and oxygen atoms in total. The molecule has 1 aromatic carbocycles. The lowest BCUT2D eigenvalue weighted by Gasteiger charge is -2.24. The van der Waals surface area contributed by atoms with Gasteiger partial charge >= 0.3 is 0 Å². The highest BCUT2D eigenvalue weighted by Crippen LogP contribution is 2.21. The monoisotopic (exact) mass is 270 g/mol. The first-order chi connectivity index (χ1) is 8.70. The van der Waals surface area contributed by atoms with Crippen molar-refractivity contribution in [2.75, 3.05) is 19.6 Å². The Labute approximate surface area is 113 Å². The highest BCUT2D eigenvalue weighted by atomic mass is 35.5. The van der Waals surface area contributed by atoms with Crippen LogP contribution in [0.5, 0.6) is 0 Å². The van der Waals surface area contributed by atoms with E-state index in [2.05, 4.69) is 17.1 Å². The maximum atomic E-state index is 13.8. The minimum atomic E-state index is -0.201. The molecule has 18 heavy (non-hydrogen) atoms. The maximum Gasteiger partial charge on any atom is 0.129 e. The number of benzene rings is 1. The van der Waals surface area contributed by atoms with Crippen molar-refractivity contribution >= 4 is 11.6 Å². The van der Waals surface area contributed by atoms with Crippen LogP contribution in [0.4, 0.5) is 4.39 Å². The molecule has 1 aliphatic rings. The van der Waals surface area contributed by atoms with Crippen LogP contribution in [-0.2, 0) is 6.54 Å². The van der Waals surface area contributed by atoms with Gasteiger partial charge in [0.2, 0.25) is 0 Å². The van der Waals surface area contributed by atoms with Gasteiger partial charge in [0.1, 0.15) is 5.82 Å². The first-order valence-corrected chi connectivity index (χ1v) is 6.97. The van der Waals surface area contributed by atoms with Crippen molar-refractivity contribution in [1.29, 1.82) is 0 Å². The molecule has 4 heteroatoms. The quantitative estimate of drug-likeness (QED) is 0.908. The molecule has 100 valence electrons. The second-order valence-corrected chi connectivity index (χ2v) is 5.26. The van der Waals surface area contributed by atoms with Crippen molar-refractivity contribution < 1.29 is 4.39 Å². The van der Waals surface area contributed by atoms with Gasteiger partial charge in [0.25, 0.3) is 0 Å². The molecule has 0 radical (unpaired) electrons. The van der Waals surface area contributed by atoms with Crippen molar-refractivity contribution in [3.8, 4) is 0 Å². The number of rotatable bonds is 3. The zero-order valence-electron chi connectivity index (χ0n) is 10.8. The molecule has 1 atom stereocenters. The van der Waals surface area contributed by atoms with E-state index in [1.165, 1.54) is 6.07 Å². The molecule has 1 saturated heterocycles. The average molecular weight is 271 g/mol. The van der Waals surface area contributed by atoms with Crippen LogP contribution < -0.4 is 5.32 Å². The highest BCUT2D eigenvalue weighted by Gasteiger charge is 2.18. The van der Waals surface area contributed by atoms with Gasteiger partial charge in [-0.25, -0.2) is 4.39 Å². The molecule has 2 rings (SSSR count). The second kappa shape index (κ2) is 6.50. The number of hydrogen-bond acceptors (Lipinski definition) is 2. The molecule has 0 aromatic heterocycles. The largest absolute Gasteiger partial charge is 0.313 e. The number of halogens is 2. The van der Waals surface area contributed by atoms with Crippen LogP contribution in [0.25, 0.3) is 0 Å². The number of nitrogens with one attached hydrogen (secondary N) is 1. The van der Waals surface area contributed by atoms with Crippen molar-refractivity contribution in [1.82, 2.24) is 10.2 Å². The highest BCUT2D eigenvalue weighted by molar-refractivity contribution is 6.31. The summed E-state index contributed by atoms with van der Waals surface area (Å²) >= 11 is 6.08. The molecule has 0 spiro atoms. The predicted molar refractivity (Wildman–Crippen MR) is 73.4 cm³/mol. The zero-order valence-corrected chi connectivity index (χ0v) is 11.5. The molecule has 1 aliphatic heterocycles. The Balaban J connectivity index is 2.07. The summed E-state index contributed by atoms with van der Waals surface area (Å²) in [6, 6.07) is 5.39. The van der Waals surface area contributed by atoms with E-state index in [1.807, 2.05) is 0 Å². The lowest BCUT2D eigenvalue weighted by Crippen LogP contribution is -2.37. The van der Waals surface area contributed by atoms with Gasteiger partial charge in [-0.1, -0.05) is 24.6 Å². The number of hydrogen-bond donors (Lipinski definition) is 1. The predicted octanol–water partition coefficient (Wildman–Crippen LogP) is 3.05. The van der Waals surface area contributed by atoms with Crippen LogP contribution in [0, 0.1) is 5.82 Å². The van der Waals surface area contributed by atoms with Crippen LogP contribution in [-0.4, -0.2) is 30.6 Å². The summed E-state index contributed by atoms with van der Waals surface area (Å²) < 4.78 is 13.8. The van der Waals surface area contributed by atoms with Crippen molar-refractivity contribution in [2.45, 2.75) is 32.4 Å². The van der Waals surface area contributed by atoms with E-state index in [0.29, 0.717) is 23.2 Å². The van der Waals surface area contributed by atoms with Crippen molar-refractivity contribution in [3.05, 3.63) is 34.6 Å². The fourth-order valence-corrected chi connectivity index (χ4v) is 2.62. The first-order valence-electron chi connectivity index (χ1n) is 6.59. The van der Waals surface area contributed by atoms with E-state index in [9.17, 15) is 4.39 Å². The summed E-state index contributed by atoms with van der Waals surface area (Å²) in [5.41, 5.74) is 0.621. The van der Waals surface area contributed by atoms with Gasteiger partial charge in [-0.15, -0.1) is 0 Å². The summed E-state index contributed by atoms with van der Waals surface area (Å²) in [6.07, 6.45) is 2.20. The topological polar surface area (TPSA) is 15.3 Å². The maximum absolute atomic E-state index is 13.8. The summed E-state index contributed by atoms with van der Waals surface area (Å²) in [5, 5.41) is 4.04. The Kier molecular flexibility index (Phi) is 4.98. The third-order valence-corrected chi connectivity index (χ3v) is 3.85. The molecular formula is C14H20ClFN2. The minimum Gasteiger partial charge on any atom is -0.313 e. The summed E-state index contributed by atoms with van der Waals surface area (Å²) in [4.78, 5) is 2.29. The Bertz CT molecular complexity index is 377. The van der Waals surface area contributed by atoms with Crippen LogP contribution >= 0.6 is 11.6 Å².